The van der Waals surface area contributed by atoms with Crippen LogP contribution in [0, 0.1) is 13.8 Å². The van der Waals surface area contributed by atoms with Crippen LogP contribution in [0.1, 0.15) is 11.4 Å². The Balaban J connectivity index is 1.62. The van der Waals surface area contributed by atoms with Gasteiger partial charge in [-0.2, -0.15) is 8.42 Å². The maximum Gasteiger partial charge on any atom is 0.285 e. The zero-order valence-corrected chi connectivity index (χ0v) is 20.5. The van der Waals surface area contributed by atoms with Gasteiger partial charge in [-0.3, -0.25) is 5.32 Å². The van der Waals surface area contributed by atoms with E-state index >= 15 is 0 Å². The summed E-state index contributed by atoms with van der Waals surface area (Å²) in [6, 6.07) is 24.0. The molecule has 1 aromatic heterocycles. The molecule has 0 fully saturated rings. The second-order valence-corrected chi connectivity index (χ2v) is 9.57. The van der Waals surface area contributed by atoms with E-state index in [0.29, 0.717) is 22.2 Å². The lowest BCUT2D eigenvalue weighted by atomic mass is 10.3. The fraction of sp³-hybridized carbons (Fsp3) is 0.0800. The number of hydrogen-bond acceptors (Lipinski definition) is 5. The summed E-state index contributed by atoms with van der Waals surface area (Å²) in [5, 5.41) is 6.30. The van der Waals surface area contributed by atoms with Crippen LogP contribution in [-0.4, -0.2) is 24.3 Å². The van der Waals surface area contributed by atoms with Crippen molar-refractivity contribution in [1.82, 2.24) is 9.97 Å². The zero-order chi connectivity index (χ0) is 24.8. The van der Waals surface area contributed by atoms with Crippen LogP contribution in [-0.2, 0) is 10.0 Å². The van der Waals surface area contributed by atoms with E-state index in [9.17, 15) is 8.42 Å². The molecule has 1 heterocycles. The summed E-state index contributed by atoms with van der Waals surface area (Å²) in [4.78, 5) is 8.63. The number of para-hydroxylation sites is 1. The molecule has 0 aliphatic heterocycles. The largest absolute Gasteiger partial charge is 0.457 e. The molecule has 3 aromatic carbocycles. The highest BCUT2D eigenvalue weighted by Gasteiger charge is 2.16. The van der Waals surface area contributed by atoms with Gasteiger partial charge in [0.15, 0.2) is 0 Å². The molecule has 10 heteroatoms. The molecule has 0 saturated heterocycles. The Morgan fingerprint density at radius 1 is 0.829 bits per heavy atom. The first-order valence-corrected chi connectivity index (χ1v) is 12.4. The van der Waals surface area contributed by atoms with Gasteiger partial charge in [0.2, 0.25) is 11.9 Å². The highest BCUT2D eigenvalue weighted by atomic mass is 35.5. The van der Waals surface area contributed by atoms with Crippen LogP contribution in [0.2, 0.25) is 5.02 Å². The van der Waals surface area contributed by atoms with Crippen LogP contribution in [0.25, 0.3) is 0 Å². The van der Waals surface area contributed by atoms with Crippen LogP contribution >= 0.6 is 11.6 Å². The fourth-order valence-electron chi connectivity index (χ4n) is 3.11. The molecule has 35 heavy (non-hydrogen) atoms. The number of hydrogen-bond donors (Lipinski definition) is 2. The Labute approximate surface area is 208 Å². The second kappa shape index (κ2) is 10.5. The monoisotopic (exact) mass is 507 g/mol. The van der Waals surface area contributed by atoms with Crippen LogP contribution in [0.5, 0.6) is 11.5 Å². The first-order valence-electron chi connectivity index (χ1n) is 10.6. The summed E-state index contributed by atoms with van der Waals surface area (Å²) in [7, 11) is -4.06. The molecule has 4 rings (SSSR count). The molecule has 0 spiro atoms. The van der Waals surface area contributed by atoms with E-state index in [1.54, 1.807) is 24.3 Å². The average Bonchev–Trinajstić information content (AvgIpc) is 2.80. The number of rotatable bonds is 6. The van der Waals surface area contributed by atoms with Gasteiger partial charge in [0, 0.05) is 22.1 Å². The minimum atomic E-state index is -4.06. The molecule has 0 amide bonds. The van der Waals surface area contributed by atoms with Gasteiger partial charge in [-0.15, -0.1) is 4.40 Å². The van der Waals surface area contributed by atoms with Crippen molar-refractivity contribution in [1.29, 1.82) is 0 Å². The Bertz CT molecular complexity index is 1420. The van der Waals surface area contributed by atoms with Crippen LogP contribution in [0.4, 0.5) is 11.6 Å². The zero-order valence-electron chi connectivity index (χ0n) is 18.9. The van der Waals surface area contributed by atoms with Crippen LogP contribution in [0.15, 0.2) is 94.2 Å². The molecule has 0 saturated carbocycles. The normalized spacial score (nSPS) is 11.7. The molecule has 0 aliphatic carbocycles. The maximum atomic E-state index is 13.0. The quantitative estimate of drug-likeness (QED) is 0.250. The van der Waals surface area contributed by atoms with E-state index in [-0.39, 0.29) is 16.8 Å². The number of nitrogens with one attached hydrogen (secondary N) is 2. The Morgan fingerprint density at radius 2 is 1.43 bits per heavy atom. The number of ether oxygens (including phenoxy) is 1. The van der Waals surface area contributed by atoms with E-state index in [0.717, 1.165) is 11.4 Å². The van der Waals surface area contributed by atoms with Crippen molar-refractivity contribution in [2.75, 3.05) is 10.6 Å². The molecule has 8 nitrogen and oxygen atoms in total. The molecule has 4 aromatic rings. The van der Waals surface area contributed by atoms with E-state index in [2.05, 4.69) is 25.0 Å². The van der Waals surface area contributed by atoms with Crippen molar-refractivity contribution in [3.63, 3.8) is 0 Å². The number of anilines is 2. The van der Waals surface area contributed by atoms with Crippen molar-refractivity contribution < 1.29 is 13.2 Å². The summed E-state index contributed by atoms with van der Waals surface area (Å²) >= 11 is 5.89. The lowest BCUT2D eigenvalue weighted by Crippen LogP contribution is -2.25. The van der Waals surface area contributed by atoms with Gasteiger partial charge in [-0.25, -0.2) is 9.97 Å². The lowest BCUT2D eigenvalue weighted by molar-refractivity contribution is 0.483. The van der Waals surface area contributed by atoms with Crippen molar-refractivity contribution in [3.8, 4) is 11.5 Å². The molecule has 0 aliphatic rings. The third-order valence-corrected chi connectivity index (χ3v) is 6.17. The number of benzene rings is 3. The number of aryl methyl sites for hydroxylation is 2. The number of guanidine groups is 1. The Hall–Kier alpha value is -3.95. The number of halogens is 1. The summed E-state index contributed by atoms with van der Waals surface area (Å²) < 4.78 is 35.7. The summed E-state index contributed by atoms with van der Waals surface area (Å²) in [5.74, 6) is 1.48. The van der Waals surface area contributed by atoms with Gasteiger partial charge in [-0.1, -0.05) is 29.8 Å². The number of aromatic nitrogens is 2. The van der Waals surface area contributed by atoms with Crippen LogP contribution < -0.4 is 15.4 Å². The smallest absolute Gasteiger partial charge is 0.285 e. The van der Waals surface area contributed by atoms with E-state index < -0.39 is 10.0 Å². The third-order valence-electron chi connectivity index (χ3n) is 4.63. The van der Waals surface area contributed by atoms with E-state index in [1.807, 2.05) is 50.2 Å². The number of nitrogens with zero attached hydrogens (tertiary/aromatic N) is 3. The minimum absolute atomic E-state index is 0.00375. The summed E-state index contributed by atoms with van der Waals surface area (Å²) in [6.45, 7) is 3.64. The van der Waals surface area contributed by atoms with E-state index in [4.69, 9.17) is 16.3 Å². The topological polar surface area (TPSA) is 106 Å². The fourth-order valence-corrected chi connectivity index (χ4v) is 4.15. The molecule has 178 valence electrons. The highest BCUT2D eigenvalue weighted by molar-refractivity contribution is 7.90. The number of sulfonamides is 1. The molecule has 0 atom stereocenters. The standard InChI is InChI=1S/C25H22ClN5O3S/c1-17-16-18(2)28-24(27-17)30-25(31-35(32,33)23-14-8-19(26)9-15-23)29-20-10-12-22(13-11-20)34-21-6-4-3-5-7-21/h3-16H,1-2H3,(H2,27,28,29,30,31). The molecule has 2 N–H and O–H groups in total. The average molecular weight is 508 g/mol. The maximum absolute atomic E-state index is 13.0. The minimum Gasteiger partial charge on any atom is -0.457 e. The second-order valence-electron chi connectivity index (χ2n) is 7.53. The van der Waals surface area contributed by atoms with Crippen molar-refractivity contribution >= 4 is 39.2 Å². The predicted octanol–water partition coefficient (Wildman–Crippen LogP) is 5.81. The molecule has 0 radical (unpaired) electrons. The van der Waals surface area contributed by atoms with Gasteiger partial charge in [-0.05, 0) is 80.6 Å². The van der Waals surface area contributed by atoms with Gasteiger partial charge in [0.05, 0.1) is 4.90 Å². The van der Waals surface area contributed by atoms with Crippen molar-refractivity contribution in [3.05, 3.63) is 101 Å². The summed E-state index contributed by atoms with van der Waals surface area (Å²) in [6.07, 6.45) is 0. The Kier molecular flexibility index (Phi) is 7.28. The van der Waals surface area contributed by atoms with Crippen molar-refractivity contribution in [2.45, 2.75) is 18.7 Å². The molecular formula is C25H22ClN5O3S. The SMILES string of the molecule is Cc1cc(C)nc(N/C(=N/S(=O)(=O)c2ccc(Cl)cc2)Nc2ccc(Oc3ccccc3)cc2)n1. The third kappa shape index (κ3) is 6.78. The molecule has 0 bridgehead atoms. The van der Waals surface area contributed by atoms with Gasteiger partial charge in [0.1, 0.15) is 11.5 Å². The van der Waals surface area contributed by atoms with E-state index in [1.165, 1.54) is 24.3 Å². The summed E-state index contributed by atoms with van der Waals surface area (Å²) in [5.41, 5.74) is 2.02. The van der Waals surface area contributed by atoms with Gasteiger partial charge in [0.25, 0.3) is 10.0 Å². The lowest BCUT2D eigenvalue weighted by Gasteiger charge is -2.13. The predicted molar refractivity (Wildman–Crippen MR) is 138 cm³/mol. The molecule has 0 unspecified atom stereocenters. The van der Waals surface area contributed by atoms with Gasteiger partial charge >= 0.3 is 0 Å². The molecular weight excluding hydrogens is 486 g/mol. The Morgan fingerprint density at radius 3 is 2.06 bits per heavy atom. The first kappa shape index (κ1) is 24.2. The highest BCUT2D eigenvalue weighted by Crippen LogP contribution is 2.23. The van der Waals surface area contributed by atoms with Crippen molar-refractivity contribution in [2.24, 2.45) is 4.40 Å². The van der Waals surface area contributed by atoms with Crippen LogP contribution in [0.3, 0.4) is 0 Å². The first-order chi connectivity index (χ1) is 16.8. The van der Waals surface area contributed by atoms with Gasteiger partial charge < -0.3 is 10.1 Å².